The van der Waals surface area contributed by atoms with Crippen molar-refractivity contribution in [2.45, 2.75) is 0 Å². The molecular weight excluding hydrogens is 185 g/mol. The maximum Gasteiger partial charge on any atom is 0.296 e. The first kappa shape index (κ1) is 10.6. The Kier molecular flexibility index (Phi) is 3.99. The molecule has 0 spiro atoms. The van der Waals surface area contributed by atoms with Crippen LogP contribution in [0.25, 0.3) is 0 Å². The Morgan fingerprint density at radius 3 is 2.75 bits per heavy atom. The summed E-state index contributed by atoms with van der Waals surface area (Å²) in [6.07, 6.45) is 2.13. The number of amides is 1. The highest BCUT2D eigenvalue weighted by Gasteiger charge is 2.03. The molecule has 1 amide bonds. The van der Waals surface area contributed by atoms with Crippen LogP contribution in [0.5, 0.6) is 0 Å². The van der Waals surface area contributed by atoms with Crippen molar-refractivity contribution in [3.63, 3.8) is 0 Å². The number of halogens is 2. The second-order valence-electron chi connectivity index (χ2n) is 1.81. The summed E-state index contributed by atoms with van der Waals surface area (Å²) in [4.78, 5) is 14.0. The van der Waals surface area contributed by atoms with Gasteiger partial charge in [-0.05, 0) is 6.07 Å². The van der Waals surface area contributed by atoms with Gasteiger partial charge in [-0.25, -0.2) is 9.92 Å². The first-order valence-corrected chi connectivity index (χ1v) is 2.76. The van der Waals surface area contributed by atoms with Gasteiger partial charge < -0.3 is 0 Å². The van der Waals surface area contributed by atoms with E-state index in [2.05, 4.69) is 10.1 Å². The average molecular weight is 190 g/mol. The highest BCUT2D eigenvalue weighted by Crippen LogP contribution is 2.01. The Bertz CT molecular complexity index is 305. The largest absolute Gasteiger partial charge is 0.296 e. The molecular formula is C6H5ClFN3O. The van der Waals surface area contributed by atoms with Gasteiger partial charge in [-0.2, -0.15) is 0 Å². The number of hydrogen-bond acceptors (Lipinski definition) is 3. The van der Waals surface area contributed by atoms with Gasteiger partial charge in [0.2, 0.25) is 0 Å². The Morgan fingerprint density at radius 1 is 1.58 bits per heavy atom. The lowest BCUT2D eigenvalue weighted by atomic mass is 10.3. The van der Waals surface area contributed by atoms with Gasteiger partial charge in [0.15, 0.2) is 0 Å². The number of nitrogens with one attached hydrogen (secondary N) is 1. The fourth-order valence-corrected chi connectivity index (χ4v) is 0.593. The van der Waals surface area contributed by atoms with Crippen molar-refractivity contribution in [1.29, 1.82) is 5.53 Å². The Hall–Kier alpha value is -1.36. The van der Waals surface area contributed by atoms with E-state index in [9.17, 15) is 9.18 Å². The molecule has 4 nitrogen and oxygen atoms in total. The third-order valence-corrected chi connectivity index (χ3v) is 1.05. The normalized spacial score (nSPS) is 8.42. The quantitative estimate of drug-likeness (QED) is 0.685. The minimum atomic E-state index is -0.794. The average Bonchev–Trinajstić information content (AvgIpc) is 2.03. The van der Waals surface area contributed by atoms with Crippen LogP contribution in [0.1, 0.15) is 10.4 Å². The molecule has 0 radical (unpaired) electrons. The van der Waals surface area contributed by atoms with Crippen molar-refractivity contribution in [3.8, 4) is 0 Å². The molecule has 12 heavy (non-hydrogen) atoms. The van der Waals surface area contributed by atoms with Crippen molar-refractivity contribution in [2.24, 2.45) is 5.11 Å². The number of pyridine rings is 1. The molecule has 0 aliphatic rings. The van der Waals surface area contributed by atoms with Crippen LogP contribution < -0.4 is 0 Å². The minimum absolute atomic E-state index is 0. The molecule has 1 heterocycles. The molecule has 0 saturated carbocycles. The van der Waals surface area contributed by atoms with E-state index in [0.29, 0.717) is 0 Å². The van der Waals surface area contributed by atoms with Crippen LogP contribution in [0, 0.1) is 11.3 Å². The number of carbonyl (C=O) groups is 1. The highest BCUT2D eigenvalue weighted by molar-refractivity contribution is 5.93. The van der Waals surface area contributed by atoms with Gasteiger partial charge >= 0.3 is 0 Å². The van der Waals surface area contributed by atoms with Gasteiger partial charge in [0.05, 0.1) is 11.8 Å². The van der Waals surface area contributed by atoms with E-state index in [-0.39, 0.29) is 18.0 Å². The van der Waals surface area contributed by atoms with Crippen molar-refractivity contribution in [2.75, 3.05) is 0 Å². The molecule has 64 valence electrons. The second kappa shape index (κ2) is 4.50. The van der Waals surface area contributed by atoms with Crippen molar-refractivity contribution >= 4 is 18.3 Å². The lowest BCUT2D eigenvalue weighted by molar-refractivity contribution is 0.0990. The van der Waals surface area contributed by atoms with E-state index in [1.807, 2.05) is 0 Å². The predicted octanol–water partition coefficient (Wildman–Crippen LogP) is 1.81. The summed E-state index contributed by atoms with van der Waals surface area (Å²) in [6, 6.07) is 0.980. The number of hydrogen-bond donors (Lipinski definition) is 1. The van der Waals surface area contributed by atoms with E-state index in [0.717, 1.165) is 18.5 Å². The lowest BCUT2D eigenvalue weighted by Crippen LogP contribution is -1.94. The minimum Gasteiger partial charge on any atom is -0.265 e. The molecule has 1 aromatic heterocycles. The molecule has 0 unspecified atom stereocenters. The fourth-order valence-electron chi connectivity index (χ4n) is 0.593. The Labute approximate surface area is 73.7 Å². The molecule has 0 aromatic carbocycles. The van der Waals surface area contributed by atoms with Crippen molar-refractivity contribution in [3.05, 3.63) is 29.8 Å². The van der Waals surface area contributed by atoms with Crippen LogP contribution in [0.2, 0.25) is 0 Å². The SMILES string of the molecule is Cl.N=NC(=O)c1cncc(F)c1. The summed E-state index contributed by atoms with van der Waals surface area (Å²) in [5.74, 6) is -1.41. The Morgan fingerprint density at radius 2 is 2.25 bits per heavy atom. The molecule has 1 N–H and O–H groups in total. The van der Waals surface area contributed by atoms with Crippen LogP contribution in [-0.4, -0.2) is 10.9 Å². The number of carbonyl (C=O) groups excluding carboxylic acids is 1. The lowest BCUT2D eigenvalue weighted by Gasteiger charge is -1.90. The predicted molar refractivity (Wildman–Crippen MR) is 40.9 cm³/mol. The standard InChI is InChI=1S/C6H4FN3O.ClH/c7-5-1-4(2-9-3-5)6(11)10-8;/h1-3,8H;1H. The summed E-state index contributed by atoms with van der Waals surface area (Å²) < 4.78 is 12.3. The van der Waals surface area contributed by atoms with Crippen LogP contribution in [-0.2, 0) is 0 Å². The van der Waals surface area contributed by atoms with Crippen LogP contribution in [0.3, 0.4) is 0 Å². The van der Waals surface area contributed by atoms with E-state index in [4.69, 9.17) is 5.53 Å². The Balaban J connectivity index is 0.00000121. The third-order valence-electron chi connectivity index (χ3n) is 1.05. The summed E-state index contributed by atoms with van der Waals surface area (Å²) in [7, 11) is 0. The monoisotopic (exact) mass is 189 g/mol. The number of nitrogens with zero attached hydrogens (tertiary/aromatic N) is 2. The molecule has 0 atom stereocenters. The maximum atomic E-state index is 12.3. The smallest absolute Gasteiger partial charge is 0.265 e. The van der Waals surface area contributed by atoms with Gasteiger partial charge in [0, 0.05) is 6.20 Å². The first-order valence-electron chi connectivity index (χ1n) is 2.76. The third kappa shape index (κ3) is 2.35. The van der Waals surface area contributed by atoms with Crippen LogP contribution >= 0.6 is 12.4 Å². The molecule has 0 saturated heterocycles. The van der Waals surface area contributed by atoms with Crippen LogP contribution in [0.4, 0.5) is 4.39 Å². The van der Waals surface area contributed by atoms with Gasteiger partial charge in [-0.3, -0.25) is 9.78 Å². The summed E-state index contributed by atoms with van der Waals surface area (Å²) in [5.41, 5.74) is 6.33. The summed E-state index contributed by atoms with van der Waals surface area (Å²) in [5, 5.41) is 2.60. The topological polar surface area (TPSA) is 66.2 Å². The van der Waals surface area contributed by atoms with Crippen molar-refractivity contribution in [1.82, 2.24) is 4.98 Å². The van der Waals surface area contributed by atoms with Gasteiger partial charge in [-0.15, -0.1) is 17.5 Å². The van der Waals surface area contributed by atoms with E-state index in [1.165, 1.54) is 0 Å². The number of rotatable bonds is 1. The fraction of sp³-hybridized carbons (Fsp3) is 0. The summed E-state index contributed by atoms with van der Waals surface area (Å²) in [6.45, 7) is 0. The van der Waals surface area contributed by atoms with Crippen molar-refractivity contribution < 1.29 is 9.18 Å². The molecule has 0 bridgehead atoms. The second-order valence-corrected chi connectivity index (χ2v) is 1.81. The van der Waals surface area contributed by atoms with Gasteiger partial charge in [-0.1, -0.05) is 0 Å². The maximum absolute atomic E-state index is 12.3. The van der Waals surface area contributed by atoms with E-state index >= 15 is 0 Å². The first-order chi connectivity index (χ1) is 5.24. The summed E-state index contributed by atoms with van der Waals surface area (Å²) >= 11 is 0. The molecule has 0 aliphatic heterocycles. The molecule has 0 aliphatic carbocycles. The molecule has 1 aromatic rings. The van der Waals surface area contributed by atoms with Gasteiger partial charge in [0.25, 0.3) is 5.91 Å². The van der Waals surface area contributed by atoms with E-state index < -0.39 is 11.7 Å². The zero-order valence-corrected chi connectivity index (χ0v) is 6.64. The molecule has 6 heteroatoms. The highest BCUT2D eigenvalue weighted by atomic mass is 35.5. The van der Waals surface area contributed by atoms with Crippen LogP contribution in [0.15, 0.2) is 23.6 Å². The zero-order valence-electron chi connectivity index (χ0n) is 5.82. The number of aromatic nitrogens is 1. The zero-order chi connectivity index (χ0) is 8.27. The molecule has 1 rings (SSSR count). The molecule has 0 fully saturated rings. The van der Waals surface area contributed by atoms with E-state index in [1.54, 1.807) is 0 Å². The van der Waals surface area contributed by atoms with Gasteiger partial charge in [0.1, 0.15) is 5.82 Å².